The second-order valence-electron chi connectivity index (χ2n) is 7.83. The van der Waals surface area contributed by atoms with Crippen molar-refractivity contribution in [1.29, 1.82) is 0 Å². The van der Waals surface area contributed by atoms with E-state index < -0.39 is 21.9 Å². The number of rotatable bonds is 9. The van der Waals surface area contributed by atoms with E-state index in [0.717, 1.165) is 12.1 Å². The van der Waals surface area contributed by atoms with Crippen LogP contribution in [0.25, 0.3) is 0 Å². The molecule has 0 aromatic heterocycles. The second kappa shape index (κ2) is 11.6. The third kappa shape index (κ3) is 6.78. The van der Waals surface area contributed by atoms with E-state index in [1.807, 2.05) is 24.5 Å². The van der Waals surface area contributed by atoms with Gasteiger partial charge in [0.15, 0.2) is 0 Å². The maximum atomic E-state index is 13.1. The summed E-state index contributed by atoms with van der Waals surface area (Å²) in [6.07, 6.45) is 3.12. The highest BCUT2D eigenvalue weighted by Crippen LogP contribution is 2.24. The van der Waals surface area contributed by atoms with Crippen molar-refractivity contribution in [3.63, 3.8) is 0 Å². The molecule has 33 heavy (non-hydrogen) atoms. The number of para-hydroxylation sites is 1. The first kappa shape index (κ1) is 25.2. The number of hydrogen-bond donors (Lipinski definition) is 2. The zero-order valence-electron chi connectivity index (χ0n) is 18.4. The molecular formula is C23H28FN3O4S2. The number of anilines is 1. The molecule has 7 nitrogen and oxygen atoms in total. The first-order valence-corrected chi connectivity index (χ1v) is 13.6. The molecule has 0 bridgehead atoms. The monoisotopic (exact) mass is 493 g/mol. The normalized spacial score (nSPS) is 16.2. The van der Waals surface area contributed by atoms with Gasteiger partial charge in [0.2, 0.25) is 21.8 Å². The molecule has 1 atom stereocenters. The van der Waals surface area contributed by atoms with Crippen LogP contribution in [0.5, 0.6) is 0 Å². The fourth-order valence-electron chi connectivity index (χ4n) is 3.66. The minimum Gasteiger partial charge on any atom is -0.344 e. The fourth-order valence-corrected chi connectivity index (χ4v) is 5.60. The lowest BCUT2D eigenvalue weighted by atomic mass is 9.96. The Balaban J connectivity index is 1.58. The van der Waals surface area contributed by atoms with Crippen molar-refractivity contribution < 1.29 is 22.4 Å². The summed E-state index contributed by atoms with van der Waals surface area (Å²) in [6, 6.07) is 13.1. The summed E-state index contributed by atoms with van der Waals surface area (Å²) in [5.74, 6) is -0.702. The number of benzene rings is 2. The summed E-state index contributed by atoms with van der Waals surface area (Å²) in [5, 5.41) is 5.69. The number of amides is 2. The Morgan fingerprint density at radius 2 is 1.73 bits per heavy atom. The van der Waals surface area contributed by atoms with Crippen molar-refractivity contribution in [2.75, 3.05) is 30.4 Å². The minimum absolute atomic E-state index is 0.0292. The molecule has 178 valence electrons. The molecule has 1 fully saturated rings. The van der Waals surface area contributed by atoms with Gasteiger partial charge in [0, 0.05) is 24.7 Å². The van der Waals surface area contributed by atoms with Crippen molar-refractivity contribution in [1.82, 2.24) is 9.62 Å². The Hall–Kier alpha value is -2.43. The van der Waals surface area contributed by atoms with E-state index in [9.17, 15) is 22.4 Å². The van der Waals surface area contributed by atoms with Gasteiger partial charge >= 0.3 is 0 Å². The standard InChI is InChI=1S/C23H28FN3O4S2/c1-32-16-13-21(23(29)25-19-5-3-2-4-6-19)26-22(28)17-11-14-27(15-12-17)33(30,31)20-9-7-18(24)8-10-20/h2-10,17,21H,11-16H2,1H3,(H,25,29)(H,26,28). The highest BCUT2D eigenvalue weighted by Gasteiger charge is 2.33. The SMILES string of the molecule is CSCCC(NC(=O)C1CCN(S(=O)(=O)c2ccc(F)cc2)CC1)C(=O)Nc1ccccc1. The summed E-state index contributed by atoms with van der Waals surface area (Å²) >= 11 is 1.59. The largest absolute Gasteiger partial charge is 0.344 e. The lowest BCUT2D eigenvalue weighted by Crippen LogP contribution is -2.49. The topological polar surface area (TPSA) is 95.6 Å². The molecule has 0 saturated carbocycles. The molecule has 0 spiro atoms. The predicted octanol–water partition coefficient (Wildman–Crippen LogP) is 3.10. The number of carbonyl (C=O) groups is 2. The average Bonchev–Trinajstić information content (AvgIpc) is 2.82. The van der Waals surface area contributed by atoms with Crippen LogP contribution < -0.4 is 10.6 Å². The summed E-state index contributed by atoms with van der Waals surface area (Å²) in [4.78, 5) is 25.7. The zero-order chi connectivity index (χ0) is 23.8. The Morgan fingerprint density at radius 3 is 2.33 bits per heavy atom. The van der Waals surface area contributed by atoms with Crippen LogP contribution in [0.3, 0.4) is 0 Å². The van der Waals surface area contributed by atoms with Crippen LogP contribution in [0.15, 0.2) is 59.5 Å². The van der Waals surface area contributed by atoms with Crippen molar-refractivity contribution in [3.8, 4) is 0 Å². The Kier molecular flexibility index (Phi) is 8.87. The maximum Gasteiger partial charge on any atom is 0.246 e. The summed E-state index contributed by atoms with van der Waals surface area (Å²) in [7, 11) is -3.74. The van der Waals surface area contributed by atoms with Gasteiger partial charge in [0.1, 0.15) is 11.9 Å². The van der Waals surface area contributed by atoms with Crippen molar-refractivity contribution in [2.24, 2.45) is 5.92 Å². The molecule has 0 aliphatic carbocycles. The van der Waals surface area contributed by atoms with Crippen molar-refractivity contribution in [2.45, 2.75) is 30.2 Å². The molecule has 10 heteroatoms. The lowest BCUT2D eigenvalue weighted by molar-refractivity contribution is -0.130. The quantitative estimate of drug-likeness (QED) is 0.560. The van der Waals surface area contributed by atoms with E-state index in [1.54, 1.807) is 23.9 Å². The molecule has 2 N–H and O–H groups in total. The Labute approximate surface area is 198 Å². The van der Waals surface area contributed by atoms with Gasteiger partial charge in [0.25, 0.3) is 0 Å². The molecule has 1 aliphatic heterocycles. The van der Waals surface area contributed by atoms with Crippen molar-refractivity contribution >= 4 is 39.3 Å². The first-order valence-electron chi connectivity index (χ1n) is 10.7. The van der Waals surface area contributed by atoms with E-state index in [1.165, 1.54) is 16.4 Å². The Morgan fingerprint density at radius 1 is 1.09 bits per heavy atom. The highest BCUT2D eigenvalue weighted by atomic mass is 32.2. The molecule has 1 unspecified atom stereocenters. The van der Waals surface area contributed by atoms with Gasteiger partial charge < -0.3 is 10.6 Å². The highest BCUT2D eigenvalue weighted by molar-refractivity contribution is 7.98. The van der Waals surface area contributed by atoms with Crippen LogP contribution in [-0.4, -0.2) is 55.7 Å². The van der Waals surface area contributed by atoms with Crippen LogP contribution in [0.4, 0.5) is 10.1 Å². The lowest BCUT2D eigenvalue weighted by Gasteiger charge is -2.31. The molecular weight excluding hydrogens is 465 g/mol. The van der Waals surface area contributed by atoms with Gasteiger partial charge in [-0.25, -0.2) is 12.8 Å². The number of piperidine rings is 1. The minimum atomic E-state index is -3.74. The fraction of sp³-hybridized carbons (Fsp3) is 0.391. The second-order valence-corrected chi connectivity index (χ2v) is 10.8. The Bertz CT molecular complexity index is 1040. The maximum absolute atomic E-state index is 13.1. The zero-order valence-corrected chi connectivity index (χ0v) is 20.0. The van der Waals surface area contributed by atoms with E-state index in [-0.39, 0.29) is 35.7 Å². The summed E-state index contributed by atoms with van der Waals surface area (Å²) in [6.45, 7) is 0.368. The number of halogens is 1. The van der Waals surface area contributed by atoms with E-state index in [4.69, 9.17) is 0 Å². The molecule has 3 rings (SSSR count). The van der Waals surface area contributed by atoms with Crippen LogP contribution >= 0.6 is 11.8 Å². The number of hydrogen-bond acceptors (Lipinski definition) is 5. The average molecular weight is 494 g/mol. The van der Waals surface area contributed by atoms with Crippen molar-refractivity contribution in [3.05, 3.63) is 60.4 Å². The number of carbonyl (C=O) groups excluding carboxylic acids is 2. The smallest absolute Gasteiger partial charge is 0.246 e. The number of sulfonamides is 1. The molecule has 1 saturated heterocycles. The van der Waals surface area contributed by atoms with Crippen LogP contribution in [-0.2, 0) is 19.6 Å². The third-order valence-corrected chi connectivity index (χ3v) is 8.12. The molecule has 1 heterocycles. The van der Waals surface area contributed by atoms with E-state index in [2.05, 4.69) is 10.6 Å². The van der Waals surface area contributed by atoms with Crippen LogP contribution in [0.1, 0.15) is 19.3 Å². The van der Waals surface area contributed by atoms with Gasteiger partial charge in [-0.3, -0.25) is 9.59 Å². The summed E-state index contributed by atoms with van der Waals surface area (Å²) < 4.78 is 40.0. The molecule has 1 aliphatic rings. The van der Waals surface area contributed by atoms with E-state index in [0.29, 0.717) is 30.7 Å². The van der Waals surface area contributed by atoms with Gasteiger partial charge in [-0.15, -0.1) is 0 Å². The van der Waals surface area contributed by atoms with Crippen LogP contribution in [0.2, 0.25) is 0 Å². The number of nitrogens with zero attached hydrogens (tertiary/aromatic N) is 1. The number of nitrogens with one attached hydrogen (secondary N) is 2. The van der Waals surface area contributed by atoms with E-state index >= 15 is 0 Å². The first-order chi connectivity index (χ1) is 15.8. The van der Waals surface area contributed by atoms with Gasteiger partial charge in [-0.2, -0.15) is 16.1 Å². The van der Waals surface area contributed by atoms with Gasteiger partial charge in [-0.1, -0.05) is 18.2 Å². The van der Waals surface area contributed by atoms with Crippen LogP contribution in [0, 0.1) is 11.7 Å². The van der Waals surface area contributed by atoms with Gasteiger partial charge in [0.05, 0.1) is 4.90 Å². The summed E-state index contributed by atoms with van der Waals surface area (Å²) in [5.41, 5.74) is 0.658. The molecule has 0 radical (unpaired) electrons. The van der Waals surface area contributed by atoms with Gasteiger partial charge in [-0.05, 0) is 67.7 Å². The molecule has 2 aromatic carbocycles. The molecule has 2 amide bonds. The molecule has 2 aromatic rings. The number of thioether (sulfide) groups is 1. The third-order valence-electron chi connectivity index (χ3n) is 5.56. The predicted molar refractivity (Wildman–Crippen MR) is 128 cm³/mol.